The maximum atomic E-state index is 2.47. The van der Waals surface area contributed by atoms with E-state index in [4.69, 9.17) is 0 Å². The molecule has 0 amide bonds. The van der Waals surface area contributed by atoms with Gasteiger partial charge in [0, 0.05) is 0 Å². The van der Waals surface area contributed by atoms with Crippen LogP contribution in [0.3, 0.4) is 0 Å². The van der Waals surface area contributed by atoms with Crippen molar-refractivity contribution in [1.29, 1.82) is 0 Å². The van der Waals surface area contributed by atoms with E-state index in [-0.39, 0.29) is 0 Å². The van der Waals surface area contributed by atoms with Gasteiger partial charge in [-0.3, -0.25) is 0 Å². The second kappa shape index (κ2) is 4.41. The van der Waals surface area contributed by atoms with Crippen LogP contribution < -0.4 is 0 Å². The first-order valence-electron chi connectivity index (χ1n) is 7.27. The summed E-state index contributed by atoms with van der Waals surface area (Å²) in [6.45, 7) is 0. The van der Waals surface area contributed by atoms with Gasteiger partial charge in [0.05, 0.1) is 0 Å². The Balaban J connectivity index is 2.04. The monoisotopic (exact) mass is 238 g/mol. The van der Waals surface area contributed by atoms with Crippen molar-refractivity contribution in [3.05, 3.63) is 64.7 Å². The first-order chi connectivity index (χ1) is 9.34. The molecule has 1 unspecified atom stereocenters. The average molecular weight is 238 g/mol. The number of hydrogen-bond acceptors (Lipinski definition) is 0. The van der Waals surface area contributed by atoms with Crippen molar-refractivity contribution in [1.82, 2.24) is 0 Å². The quantitative estimate of drug-likeness (QED) is 0.657. The van der Waals surface area contributed by atoms with E-state index >= 15 is 0 Å². The number of hydrogen-bond donors (Lipinski definition) is 0. The van der Waals surface area contributed by atoms with E-state index in [0.29, 0.717) is 4.59 Å². The van der Waals surface area contributed by atoms with Gasteiger partial charge in [0.2, 0.25) is 0 Å². The molecule has 0 N–H and O–H groups in total. The minimum atomic E-state index is 0.573. The maximum absolute atomic E-state index is 2.47. The zero-order valence-electron chi connectivity index (χ0n) is 11.3. The Bertz CT molecular complexity index is 668. The fourth-order valence-corrected chi connectivity index (χ4v) is 3.62. The first-order valence-corrected chi connectivity index (χ1v) is 7.27. The van der Waals surface area contributed by atoms with Crippen LogP contribution in [0.25, 0.3) is 17.2 Å². The van der Waals surface area contributed by atoms with Crippen LogP contribution in [0.2, 0.25) is 0 Å². The van der Waals surface area contributed by atoms with Gasteiger partial charge in [-0.1, -0.05) is 0 Å². The van der Waals surface area contributed by atoms with Gasteiger partial charge < -0.3 is 0 Å². The zero-order chi connectivity index (χ0) is 12.8. The number of aryl methyl sites for hydroxylation is 1. The van der Waals surface area contributed by atoms with Gasteiger partial charge in [0.1, 0.15) is 0 Å². The molecule has 19 heavy (non-hydrogen) atoms. The van der Waals surface area contributed by atoms with Gasteiger partial charge in [0.15, 0.2) is 0 Å². The number of benzene rings is 2. The van der Waals surface area contributed by atoms with Gasteiger partial charge in [-0.15, -0.1) is 0 Å². The van der Waals surface area contributed by atoms with Crippen molar-refractivity contribution in [2.75, 3.05) is 0 Å². The molecule has 0 bridgehead atoms. The summed E-state index contributed by atoms with van der Waals surface area (Å²) in [5.41, 5.74) is 9.08. The molecule has 88 valence electrons. The van der Waals surface area contributed by atoms with Gasteiger partial charge in [-0.05, 0) is 0 Å². The first kappa shape index (κ1) is 11.6. The molecule has 0 aromatic heterocycles. The molecule has 0 saturated heterocycles. The van der Waals surface area contributed by atoms with E-state index < -0.39 is 0 Å². The third-order valence-corrected chi connectivity index (χ3v) is 4.58. The molecule has 2 aromatic carbocycles. The summed E-state index contributed by atoms with van der Waals surface area (Å²) in [4.78, 5) is 0. The predicted molar refractivity (Wildman–Crippen MR) is 81.4 cm³/mol. The van der Waals surface area contributed by atoms with Crippen LogP contribution in [-0.4, -0.2) is 17.7 Å². The van der Waals surface area contributed by atoms with Crippen LogP contribution in [0.5, 0.6) is 0 Å². The molecule has 2 aliphatic carbocycles. The van der Waals surface area contributed by atoms with Crippen molar-refractivity contribution >= 4 is 23.8 Å². The molecule has 4 rings (SSSR count). The van der Waals surface area contributed by atoms with Crippen LogP contribution in [0.4, 0.5) is 0 Å². The van der Waals surface area contributed by atoms with E-state index in [0.717, 1.165) is 0 Å². The average Bonchev–Trinajstić information content (AvgIpc) is 3.05. The SMILES string of the molecule is [Li][CH]1C=Cc2c1cc1c(c2-c2ccccc2)CCC1. The molecule has 0 saturated carbocycles. The van der Waals surface area contributed by atoms with E-state index in [9.17, 15) is 0 Å². The standard InChI is InChI=1S/C18H15.Li/c1-2-6-13(7-3-1)18-16-10-4-8-14(16)12-15-9-5-11-17(15)18;/h1-4,6-8,10,12H,5,9,11H2;. The number of fused-ring (bicyclic) bond motifs is 2. The second-order valence-electron chi connectivity index (χ2n) is 5.76. The molecule has 0 aliphatic heterocycles. The van der Waals surface area contributed by atoms with Crippen LogP contribution in [0, 0.1) is 0 Å². The molecular formula is C18H15Li. The van der Waals surface area contributed by atoms with Crippen molar-refractivity contribution in [2.24, 2.45) is 0 Å². The van der Waals surface area contributed by atoms with E-state index in [1.807, 2.05) is 0 Å². The van der Waals surface area contributed by atoms with Crippen LogP contribution in [-0.2, 0) is 12.8 Å². The summed E-state index contributed by atoms with van der Waals surface area (Å²) >= 11 is 2.30. The molecule has 0 fully saturated rings. The van der Waals surface area contributed by atoms with Crippen molar-refractivity contribution < 1.29 is 0 Å². The Morgan fingerprint density at radius 1 is 1.05 bits per heavy atom. The number of allylic oxidation sites excluding steroid dienone is 1. The molecule has 2 aromatic rings. The van der Waals surface area contributed by atoms with Crippen molar-refractivity contribution in [3.63, 3.8) is 0 Å². The van der Waals surface area contributed by atoms with Gasteiger partial charge in [-0.25, -0.2) is 0 Å². The molecule has 1 heteroatoms. The van der Waals surface area contributed by atoms with E-state index in [1.54, 1.807) is 11.1 Å². The fourth-order valence-electron chi connectivity index (χ4n) is 3.62. The van der Waals surface area contributed by atoms with Crippen molar-refractivity contribution in [3.8, 4) is 11.1 Å². The summed E-state index contributed by atoms with van der Waals surface area (Å²) in [5, 5.41) is 0. The van der Waals surface area contributed by atoms with Gasteiger partial charge >= 0.3 is 123 Å². The zero-order valence-corrected chi connectivity index (χ0v) is 11.3. The molecule has 0 radical (unpaired) electrons. The molecule has 0 heterocycles. The van der Waals surface area contributed by atoms with Crippen LogP contribution in [0.1, 0.15) is 33.3 Å². The summed E-state index contributed by atoms with van der Waals surface area (Å²) in [7, 11) is 0. The molecule has 2 aliphatic rings. The third kappa shape index (κ3) is 1.75. The van der Waals surface area contributed by atoms with E-state index in [1.165, 1.54) is 41.5 Å². The number of rotatable bonds is 1. The van der Waals surface area contributed by atoms with Gasteiger partial charge in [-0.2, -0.15) is 0 Å². The summed E-state index contributed by atoms with van der Waals surface area (Å²) in [5.74, 6) is 0. The Morgan fingerprint density at radius 2 is 1.89 bits per heavy atom. The molecule has 0 spiro atoms. The summed E-state index contributed by atoms with van der Waals surface area (Å²) in [6.07, 6.45) is 8.49. The van der Waals surface area contributed by atoms with Crippen LogP contribution in [0.15, 0.2) is 42.5 Å². The minimum absolute atomic E-state index is 0.573. The summed E-state index contributed by atoms with van der Waals surface area (Å²) in [6, 6.07) is 13.4. The fraction of sp³-hybridized carbons (Fsp3) is 0.222. The Morgan fingerprint density at radius 3 is 2.74 bits per heavy atom. The molecule has 1 atom stereocenters. The molecule has 0 nitrogen and oxygen atoms in total. The van der Waals surface area contributed by atoms with Gasteiger partial charge in [0.25, 0.3) is 0 Å². The third-order valence-electron chi connectivity index (χ3n) is 4.58. The van der Waals surface area contributed by atoms with Crippen LogP contribution >= 0.6 is 0 Å². The normalized spacial score (nSPS) is 19.6. The summed E-state index contributed by atoms with van der Waals surface area (Å²) < 4.78 is 0.573. The topological polar surface area (TPSA) is 0 Å². The van der Waals surface area contributed by atoms with Crippen molar-refractivity contribution in [2.45, 2.75) is 23.9 Å². The predicted octanol–water partition coefficient (Wildman–Crippen LogP) is 4.08. The molecular weight excluding hydrogens is 223 g/mol. The Kier molecular flexibility index (Phi) is 2.69. The Labute approximate surface area is 123 Å². The Hall–Kier alpha value is -1.22. The van der Waals surface area contributed by atoms with E-state index in [2.05, 4.69) is 66.3 Å². The second-order valence-corrected chi connectivity index (χ2v) is 5.76.